The number of amides is 2. The van der Waals surface area contributed by atoms with Gasteiger partial charge in [-0.3, -0.25) is 14.5 Å². The molecule has 2 amide bonds. The molecule has 2 aromatic carbocycles. The van der Waals surface area contributed by atoms with Crippen LogP contribution in [0.1, 0.15) is 40.1 Å². The van der Waals surface area contributed by atoms with Gasteiger partial charge >= 0.3 is 0 Å². The first-order valence-electron chi connectivity index (χ1n) is 9.97. The number of rotatable bonds is 6. The maximum Gasteiger partial charge on any atom is 0.261 e. The van der Waals surface area contributed by atoms with E-state index in [1.807, 2.05) is 0 Å². The minimum absolute atomic E-state index is 0.153. The molecule has 0 fully saturated rings. The van der Waals surface area contributed by atoms with E-state index in [-0.39, 0.29) is 22.5 Å². The maximum atomic E-state index is 12.2. The van der Waals surface area contributed by atoms with Gasteiger partial charge in [-0.05, 0) is 50.6 Å². The lowest BCUT2D eigenvalue weighted by Gasteiger charge is -2.33. The van der Waals surface area contributed by atoms with Crippen LogP contribution in [0.25, 0.3) is 0 Å². The number of phenolic OH excluding ortho intramolecular Hbond substituents is 1. The van der Waals surface area contributed by atoms with Crippen molar-refractivity contribution in [1.82, 2.24) is 4.90 Å². The Morgan fingerprint density at radius 2 is 1.52 bits per heavy atom. The second kappa shape index (κ2) is 9.59. The molecule has 168 valence electrons. The number of nitrogens with zero attached hydrogens (tertiary/aromatic N) is 2. The van der Waals surface area contributed by atoms with Crippen LogP contribution in [-0.2, 0) is 10.1 Å². The molecule has 1 N–H and O–H groups in total. The largest absolute Gasteiger partial charge is 0.744 e. The van der Waals surface area contributed by atoms with Crippen molar-refractivity contribution in [2.75, 3.05) is 33.2 Å². The van der Waals surface area contributed by atoms with Gasteiger partial charge in [0.25, 0.3) is 11.8 Å². The smallest absolute Gasteiger partial charge is 0.261 e. The molecule has 0 atom stereocenters. The lowest BCUT2D eigenvalue weighted by atomic mass is 10.1. The van der Waals surface area contributed by atoms with Crippen LogP contribution in [0.4, 0.5) is 0 Å². The first kappa shape index (κ1) is 24.5. The molecule has 0 aliphatic carbocycles. The van der Waals surface area contributed by atoms with Crippen molar-refractivity contribution in [1.29, 1.82) is 0 Å². The minimum Gasteiger partial charge on any atom is -0.744 e. The molecule has 0 saturated heterocycles. The third-order valence-corrected chi connectivity index (χ3v) is 6.69. The molecule has 2 aromatic rings. The van der Waals surface area contributed by atoms with Crippen LogP contribution < -0.4 is 0 Å². The number of benzene rings is 2. The molecule has 1 aliphatic rings. The van der Waals surface area contributed by atoms with Crippen LogP contribution in [-0.4, -0.2) is 72.5 Å². The van der Waals surface area contributed by atoms with Crippen molar-refractivity contribution in [2.24, 2.45) is 0 Å². The number of aromatic hydroxyl groups is 1. The van der Waals surface area contributed by atoms with Gasteiger partial charge in [-0.1, -0.05) is 18.2 Å². The van der Waals surface area contributed by atoms with Crippen LogP contribution in [0.15, 0.2) is 47.4 Å². The van der Waals surface area contributed by atoms with Crippen molar-refractivity contribution in [2.45, 2.75) is 25.7 Å². The summed E-state index contributed by atoms with van der Waals surface area (Å²) in [5.41, 5.74) is 1.41. The SMILES string of the molecule is CC[N+](C)(CC)CCN1C(=O)c2ccccc2C1=O.Cc1ccc(O)cc1S(=O)(=O)[O-]. The van der Waals surface area contributed by atoms with Crippen molar-refractivity contribution in [3.8, 4) is 5.75 Å². The molecular formula is C22H28N2O6S. The summed E-state index contributed by atoms with van der Waals surface area (Å²) in [5, 5.41) is 8.90. The van der Waals surface area contributed by atoms with Crippen molar-refractivity contribution in [3.63, 3.8) is 0 Å². The summed E-state index contributed by atoms with van der Waals surface area (Å²) in [4.78, 5) is 25.4. The number of imide groups is 1. The van der Waals surface area contributed by atoms with Crippen molar-refractivity contribution < 1.29 is 32.1 Å². The van der Waals surface area contributed by atoms with Gasteiger partial charge in [-0.15, -0.1) is 0 Å². The molecule has 0 unspecified atom stereocenters. The van der Waals surface area contributed by atoms with E-state index in [0.717, 1.165) is 30.2 Å². The van der Waals surface area contributed by atoms with Gasteiger partial charge in [0.05, 0.1) is 49.2 Å². The van der Waals surface area contributed by atoms with E-state index >= 15 is 0 Å². The summed E-state index contributed by atoms with van der Waals surface area (Å²) in [5.74, 6) is -0.534. The number of carbonyl (C=O) groups excluding carboxylic acids is 2. The van der Waals surface area contributed by atoms with Crippen LogP contribution in [0.2, 0.25) is 0 Å². The summed E-state index contributed by atoms with van der Waals surface area (Å²) in [6, 6.07) is 10.7. The first-order chi connectivity index (χ1) is 14.4. The number of carbonyl (C=O) groups is 2. The number of likely N-dealkylation sites (N-methyl/N-ethyl adjacent to an activating group) is 1. The van der Waals surface area contributed by atoms with E-state index in [9.17, 15) is 22.6 Å². The standard InChI is InChI=1S/C15H21N2O2.C7H8O4S/c1-4-17(3,5-2)11-10-16-14(18)12-8-6-7-9-13(12)15(16)19;1-5-2-3-6(8)4-7(5)12(9,10)11/h6-9H,4-5,10-11H2,1-3H3;2-4,8H,1H3,(H,9,10,11)/q+1;/p-1. The molecule has 0 radical (unpaired) electrons. The Labute approximate surface area is 183 Å². The number of hydrogen-bond acceptors (Lipinski definition) is 6. The predicted octanol–water partition coefficient (Wildman–Crippen LogP) is 2.37. The van der Waals surface area contributed by atoms with Gasteiger partial charge in [-0.25, -0.2) is 8.42 Å². The zero-order chi connectivity index (χ0) is 23.4. The summed E-state index contributed by atoms with van der Waals surface area (Å²) in [7, 11) is -2.32. The number of aryl methyl sites for hydroxylation is 1. The topological polar surface area (TPSA) is 115 Å². The van der Waals surface area contributed by atoms with E-state index < -0.39 is 10.1 Å². The summed E-state index contributed by atoms with van der Waals surface area (Å²) < 4.78 is 32.5. The molecule has 9 heteroatoms. The molecule has 0 bridgehead atoms. The second-order valence-corrected chi connectivity index (χ2v) is 9.04. The average molecular weight is 449 g/mol. The Morgan fingerprint density at radius 1 is 1.00 bits per heavy atom. The van der Waals surface area contributed by atoms with Crippen molar-refractivity contribution in [3.05, 3.63) is 59.2 Å². The van der Waals surface area contributed by atoms with Gasteiger partial charge in [0.1, 0.15) is 15.9 Å². The molecule has 0 spiro atoms. The Bertz CT molecular complexity index is 1040. The Hall–Kier alpha value is -2.75. The number of hydrogen-bond donors (Lipinski definition) is 1. The third kappa shape index (κ3) is 5.69. The van der Waals surface area contributed by atoms with E-state index in [1.165, 1.54) is 24.0 Å². The molecule has 0 aromatic heterocycles. The summed E-state index contributed by atoms with van der Waals surface area (Å²) in [6.45, 7) is 9.05. The van der Waals surface area contributed by atoms with Crippen LogP contribution >= 0.6 is 0 Å². The maximum absolute atomic E-state index is 12.2. The van der Waals surface area contributed by atoms with Crippen LogP contribution in [0.3, 0.4) is 0 Å². The van der Waals surface area contributed by atoms with Gasteiger partial charge in [0.15, 0.2) is 0 Å². The summed E-state index contributed by atoms with van der Waals surface area (Å²) >= 11 is 0. The second-order valence-electron chi connectivity index (χ2n) is 7.69. The predicted molar refractivity (Wildman–Crippen MR) is 115 cm³/mol. The zero-order valence-electron chi connectivity index (χ0n) is 18.2. The summed E-state index contributed by atoms with van der Waals surface area (Å²) in [6.07, 6.45) is 0. The Kier molecular flexibility index (Phi) is 7.58. The molecule has 8 nitrogen and oxygen atoms in total. The highest BCUT2D eigenvalue weighted by atomic mass is 32.2. The molecule has 1 aliphatic heterocycles. The van der Waals surface area contributed by atoms with Gasteiger partial charge in [0.2, 0.25) is 0 Å². The quantitative estimate of drug-likeness (QED) is 0.412. The van der Waals surface area contributed by atoms with Gasteiger partial charge in [-0.2, -0.15) is 0 Å². The molecular weight excluding hydrogens is 420 g/mol. The molecule has 3 rings (SSSR count). The lowest BCUT2D eigenvalue weighted by molar-refractivity contribution is -0.905. The fourth-order valence-corrected chi connectivity index (χ4v) is 3.91. The Balaban J connectivity index is 0.000000245. The fraction of sp³-hybridized carbons (Fsp3) is 0.364. The van der Waals surface area contributed by atoms with Crippen LogP contribution in [0, 0.1) is 6.92 Å². The molecule has 0 saturated carbocycles. The highest BCUT2D eigenvalue weighted by molar-refractivity contribution is 7.85. The number of quaternary nitrogens is 1. The molecule has 1 heterocycles. The minimum atomic E-state index is -4.47. The normalized spacial score (nSPS) is 13.6. The lowest BCUT2D eigenvalue weighted by Crippen LogP contribution is -2.49. The number of phenols is 1. The first-order valence-corrected chi connectivity index (χ1v) is 11.4. The average Bonchev–Trinajstić information content (AvgIpc) is 2.98. The van der Waals surface area contributed by atoms with E-state index in [4.69, 9.17) is 5.11 Å². The zero-order valence-corrected chi connectivity index (χ0v) is 19.0. The van der Waals surface area contributed by atoms with E-state index in [1.54, 1.807) is 24.3 Å². The van der Waals surface area contributed by atoms with Gasteiger partial charge in [0, 0.05) is 0 Å². The fourth-order valence-electron chi connectivity index (χ4n) is 3.18. The van der Waals surface area contributed by atoms with E-state index in [2.05, 4.69) is 20.9 Å². The van der Waals surface area contributed by atoms with Gasteiger partial charge < -0.3 is 14.1 Å². The van der Waals surface area contributed by atoms with Crippen molar-refractivity contribution >= 4 is 21.9 Å². The monoisotopic (exact) mass is 448 g/mol. The highest BCUT2D eigenvalue weighted by Gasteiger charge is 2.36. The van der Waals surface area contributed by atoms with E-state index in [0.29, 0.717) is 23.2 Å². The number of fused-ring (bicyclic) bond motifs is 1. The Morgan fingerprint density at radius 3 is 1.94 bits per heavy atom. The third-order valence-electron chi connectivity index (χ3n) is 5.71. The van der Waals surface area contributed by atoms with Crippen LogP contribution in [0.5, 0.6) is 5.75 Å². The highest BCUT2D eigenvalue weighted by Crippen LogP contribution is 2.22. The molecule has 31 heavy (non-hydrogen) atoms.